The molecule has 0 bridgehead atoms. The van der Waals surface area contributed by atoms with Crippen LogP contribution in [0.15, 0.2) is 18.2 Å². The minimum absolute atomic E-state index is 0.00967. The van der Waals surface area contributed by atoms with Gasteiger partial charge in [0.15, 0.2) is 0 Å². The Labute approximate surface area is 138 Å². The second kappa shape index (κ2) is 7.49. The molecule has 1 N–H and O–H groups in total. The average molecular weight is 321 g/mol. The number of anilines is 1. The molecule has 128 valence electrons. The second-order valence-corrected chi connectivity index (χ2v) is 6.45. The normalized spacial score (nSPS) is 16.3. The molecule has 2 rings (SSSR count). The standard InChI is InChI=1S/C16H21NO4.C2H6/c1-10-5-6-13-12(7-10)11(8-14(18)19)9-17(13)15(20)21-16(2,3)4;1-2/h5-7,11H,8-9H2,1-4H3,(H,18,19);1-2H3. The maximum Gasteiger partial charge on any atom is 0.414 e. The third-order valence-electron chi connectivity index (χ3n) is 3.35. The molecular formula is C18H27NO4. The summed E-state index contributed by atoms with van der Waals surface area (Å²) in [6.45, 7) is 11.7. The van der Waals surface area contributed by atoms with Crippen molar-refractivity contribution in [1.29, 1.82) is 0 Å². The molecule has 1 amide bonds. The molecule has 1 atom stereocenters. The van der Waals surface area contributed by atoms with Crippen LogP contribution in [-0.4, -0.2) is 29.3 Å². The number of aryl methyl sites for hydroxylation is 1. The summed E-state index contributed by atoms with van der Waals surface area (Å²) in [4.78, 5) is 24.9. The average Bonchev–Trinajstić information content (AvgIpc) is 2.77. The van der Waals surface area contributed by atoms with Crippen molar-refractivity contribution in [2.75, 3.05) is 11.4 Å². The molecule has 1 heterocycles. The minimum Gasteiger partial charge on any atom is -0.481 e. The van der Waals surface area contributed by atoms with Crippen LogP contribution < -0.4 is 4.90 Å². The van der Waals surface area contributed by atoms with Gasteiger partial charge in [-0.2, -0.15) is 0 Å². The van der Waals surface area contributed by atoms with Crippen molar-refractivity contribution in [3.63, 3.8) is 0 Å². The minimum atomic E-state index is -0.863. The van der Waals surface area contributed by atoms with Gasteiger partial charge >= 0.3 is 12.1 Å². The Morgan fingerprint density at radius 2 is 1.91 bits per heavy atom. The first-order valence-corrected chi connectivity index (χ1v) is 8.00. The van der Waals surface area contributed by atoms with Crippen LogP contribution in [-0.2, 0) is 9.53 Å². The van der Waals surface area contributed by atoms with Crippen molar-refractivity contribution < 1.29 is 19.4 Å². The molecule has 0 fully saturated rings. The lowest BCUT2D eigenvalue weighted by molar-refractivity contribution is -0.137. The van der Waals surface area contributed by atoms with E-state index in [1.807, 2.05) is 59.7 Å². The summed E-state index contributed by atoms with van der Waals surface area (Å²) >= 11 is 0. The first kappa shape index (κ1) is 19.0. The molecule has 5 nitrogen and oxygen atoms in total. The zero-order valence-electron chi connectivity index (χ0n) is 14.8. The summed E-state index contributed by atoms with van der Waals surface area (Å²) < 4.78 is 5.40. The van der Waals surface area contributed by atoms with E-state index in [2.05, 4.69) is 0 Å². The molecule has 1 aliphatic heterocycles. The Hall–Kier alpha value is -2.04. The summed E-state index contributed by atoms with van der Waals surface area (Å²) in [6.07, 6.45) is -0.420. The highest BCUT2D eigenvalue weighted by atomic mass is 16.6. The van der Waals surface area contributed by atoms with Crippen molar-refractivity contribution in [3.05, 3.63) is 29.3 Å². The van der Waals surface area contributed by atoms with Crippen LogP contribution in [0.25, 0.3) is 0 Å². The lowest BCUT2D eigenvalue weighted by atomic mass is 9.96. The van der Waals surface area contributed by atoms with Gasteiger partial charge in [0.25, 0.3) is 0 Å². The summed E-state index contributed by atoms with van der Waals surface area (Å²) in [5.74, 6) is -1.05. The number of carbonyl (C=O) groups excluding carboxylic acids is 1. The monoisotopic (exact) mass is 321 g/mol. The lowest BCUT2D eigenvalue weighted by Gasteiger charge is -2.25. The molecular weight excluding hydrogens is 294 g/mol. The Kier molecular flexibility index (Phi) is 6.19. The van der Waals surface area contributed by atoms with E-state index in [1.165, 1.54) is 4.90 Å². The third kappa shape index (κ3) is 4.98. The molecule has 0 saturated heterocycles. The van der Waals surface area contributed by atoms with Crippen LogP contribution >= 0.6 is 0 Å². The highest BCUT2D eigenvalue weighted by molar-refractivity contribution is 5.91. The fraction of sp³-hybridized carbons (Fsp3) is 0.556. The summed E-state index contributed by atoms with van der Waals surface area (Å²) in [5, 5.41) is 9.05. The van der Waals surface area contributed by atoms with Gasteiger partial charge in [-0.3, -0.25) is 9.69 Å². The summed E-state index contributed by atoms with van der Waals surface area (Å²) in [7, 11) is 0. The number of hydrogen-bond acceptors (Lipinski definition) is 3. The third-order valence-corrected chi connectivity index (χ3v) is 3.35. The number of nitrogens with zero attached hydrogens (tertiary/aromatic N) is 1. The van der Waals surface area contributed by atoms with E-state index in [-0.39, 0.29) is 12.3 Å². The largest absolute Gasteiger partial charge is 0.481 e. The molecule has 0 radical (unpaired) electrons. The van der Waals surface area contributed by atoms with Gasteiger partial charge in [-0.25, -0.2) is 4.79 Å². The fourth-order valence-corrected chi connectivity index (χ4v) is 2.54. The number of aliphatic carboxylic acids is 1. The fourth-order valence-electron chi connectivity index (χ4n) is 2.54. The van der Waals surface area contributed by atoms with E-state index in [1.54, 1.807) is 0 Å². The smallest absolute Gasteiger partial charge is 0.414 e. The molecule has 1 aliphatic rings. The zero-order chi connectivity index (χ0) is 17.8. The molecule has 5 heteroatoms. The highest BCUT2D eigenvalue weighted by Crippen LogP contribution is 2.39. The Morgan fingerprint density at radius 3 is 2.43 bits per heavy atom. The Bertz CT molecular complexity index is 575. The van der Waals surface area contributed by atoms with Crippen molar-refractivity contribution in [1.82, 2.24) is 0 Å². The van der Waals surface area contributed by atoms with E-state index in [4.69, 9.17) is 9.84 Å². The number of fused-ring (bicyclic) bond motifs is 1. The number of rotatable bonds is 2. The number of ether oxygens (including phenoxy) is 1. The van der Waals surface area contributed by atoms with Gasteiger partial charge in [0, 0.05) is 12.5 Å². The molecule has 0 aliphatic carbocycles. The molecule has 23 heavy (non-hydrogen) atoms. The number of amides is 1. The van der Waals surface area contributed by atoms with Crippen molar-refractivity contribution >= 4 is 17.7 Å². The van der Waals surface area contributed by atoms with Crippen LogP contribution in [0.1, 0.15) is 58.1 Å². The number of carboxylic acids is 1. The topological polar surface area (TPSA) is 66.8 Å². The summed E-state index contributed by atoms with van der Waals surface area (Å²) in [5.41, 5.74) is 2.13. The first-order chi connectivity index (χ1) is 10.7. The van der Waals surface area contributed by atoms with Gasteiger partial charge < -0.3 is 9.84 Å². The predicted octanol–water partition coefficient (Wildman–Crippen LogP) is 4.33. The second-order valence-electron chi connectivity index (χ2n) is 6.45. The van der Waals surface area contributed by atoms with Gasteiger partial charge in [0.1, 0.15) is 5.60 Å². The number of benzene rings is 1. The van der Waals surface area contributed by atoms with E-state index in [9.17, 15) is 9.59 Å². The van der Waals surface area contributed by atoms with Crippen LogP contribution in [0.2, 0.25) is 0 Å². The molecule has 0 aromatic heterocycles. The van der Waals surface area contributed by atoms with Crippen LogP contribution in [0.3, 0.4) is 0 Å². The number of carbonyl (C=O) groups is 2. The van der Waals surface area contributed by atoms with E-state index in [0.29, 0.717) is 6.54 Å². The van der Waals surface area contributed by atoms with Crippen molar-refractivity contribution in [3.8, 4) is 0 Å². The summed E-state index contributed by atoms with van der Waals surface area (Å²) in [6, 6.07) is 5.73. The van der Waals surface area contributed by atoms with E-state index in [0.717, 1.165) is 16.8 Å². The van der Waals surface area contributed by atoms with Crippen molar-refractivity contribution in [2.45, 2.75) is 59.5 Å². The van der Waals surface area contributed by atoms with Gasteiger partial charge in [0.05, 0.1) is 12.1 Å². The van der Waals surface area contributed by atoms with Gasteiger partial charge in [-0.15, -0.1) is 0 Å². The number of hydrogen-bond donors (Lipinski definition) is 1. The van der Waals surface area contributed by atoms with Gasteiger partial charge in [0.2, 0.25) is 0 Å². The van der Waals surface area contributed by atoms with Crippen LogP contribution in [0, 0.1) is 6.92 Å². The SMILES string of the molecule is CC.Cc1ccc2c(c1)C(CC(=O)O)CN2C(=O)OC(C)(C)C. The van der Waals surface area contributed by atoms with E-state index < -0.39 is 17.7 Å². The van der Waals surface area contributed by atoms with Gasteiger partial charge in [-0.1, -0.05) is 31.5 Å². The molecule has 1 aromatic carbocycles. The maximum absolute atomic E-state index is 12.3. The molecule has 1 unspecified atom stereocenters. The van der Waals surface area contributed by atoms with Crippen molar-refractivity contribution in [2.24, 2.45) is 0 Å². The Balaban J connectivity index is 0.00000127. The van der Waals surface area contributed by atoms with Gasteiger partial charge in [-0.05, 0) is 39.3 Å². The molecule has 0 spiro atoms. The van der Waals surface area contributed by atoms with Crippen LogP contribution in [0.4, 0.5) is 10.5 Å². The van der Waals surface area contributed by atoms with E-state index >= 15 is 0 Å². The molecule has 1 aromatic rings. The zero-order valence-corrected chi connectivity index (χ0v) is 14.8. The first-order valence-electron chi connectivity index (χ1n) is 8.00. The lowest BCUT2D eigenvalue weighted by Crippen LogP contribution is -2.36. The van der Waals surface area contributed by atoms with Crippen LogP contribution in [0.5, 0.6) is 0 Å². The predicted molar refractivity (Wildman–Crippen MR) is 91.1 cm³/mol. The Morgan fingerprint density at radius 1 is 1.30 bits per heavy atom. The molecule has 0 saturated carbocycles. The quantitative estimate of drug-likeness (QED) is 0.880. The highest BCUT2D eigenvalue weighted by Gasteiger charge is 2.35. The maximum atomic E-state index is 12.3. The number of carboxylic acid groups (broad SMARTS) is 1.